The summed E-state index contributed by atoms with van der Waals surface area (Å²) in [5, 5.41) is 7.48. The number of benzene rings is 1. The summed E-state index contributed by atoms with van der Waals surface area (Å²) in [5.41, 5.74) is 10.8. The zero-order chi connectivity index (χ0) is 12.6. The van der Waals surface area contributed by atoms with E-state index in [1.807, 2.05) is 6.07 Å². The molecule has 0 spiro atoms. The minimum Gasteiger partial charge on any atom is -0.313 e. The molecule has 0 saturated heterocycles. The number of aryl methyl sites for hydroxylation is 1. The Kier molecular flexibility index (Phi) is 3.03. The van der Waals surface area contributed by atoms with Gasteiger partial charge < -0.3 is 10.6 Å². The zero-order valence-electron chi connectivity index (χ0n) is 10.6. The minimum absolute atomic E-state index is 0.236. The predicted octanol–water partition coefficient (Wildman–Crippen LogP) is 2.75. The van der Waals surface area contributed by atoms with Crippen LogP contribution in [0.2, 0.25) is 0 Å². The minimum atomic E-state index is -0.236. The Morgan fingerprint density at radius 2 is 2.12 bits per heavy atom. The maximum Gasteiger partial charge on any atom is 0.102 e. The van der Waals surface area contributed by atoms with Crippen LogP contribution in [0.25, 0.3) is 5.57 Å². The second-order valence-electron chi connectivity index (χ2n) is 4.82. The van der Waals surface area contributed by atoms with Crippen molar-refractivity contribution in [2.75, 3.05) is 4.90 Å². The van der Waals surface area contributed by atoms with Gasteiger partial charge in [0.2, 0.25) is 0 Å². The lowest BCUT2D eigenvalue weighted by molar-refractivity contribution is 0.793. The van der Waals surface area contributed by atoms with E-state index in [1.165, 1.54) is 23.0 Å². The van der Waals surface area contributed by atoms with E-state index in [-0.39, 0.29) is 6.17 Å². The largest absolute Gasteiger partial charge is 0.313 e. The molecule has 0 fully saturated rings. The van der Waals surface area contributed by atoms with Crippen LogP contribution in [0.15, 0.2) is 24.3 Å². The summed E-state index contributed by atoms with van der Waals surface area (Å²) in [7, 11) is 0. The SMILES string of the molecule is Cc1ccc2c(c1)C(C(C)C)=CC(N)N2C=N. The van der Waals surface area contributed by atoms with Gasteiger partial charge in [-0.25, -0.2) is 0 Å². The molecule has 0 amide bonds. The van der Waals surface area contributed by atoms with E-state index in [9.17, 15) is 0 Å². The Balaban J connectivity index is 2.62. The quantitative estimate of drug-likeness (QED) is 0.605. The molecule has 3 N–H and O–H groups in total. The van der Waals surface area contributed by atoms with Crippen molar-refractivity contribution in [1.82, 2.24) is 0 Å². The van der Waals surface area contributed by atoms with Crippen LogP contribution < -0.4 is 10.6 Å². The molecule has 1 unspecified atom stereocenters. The van der Waals surface area contributed by atoms with Gasteiger partial charge in [-0.05, 0) is 36.6 Å². The Hall–Kier alpha value is -1.61. The fourth-order valence-electron chi connectivity index (χ4n) is 2.28. The second-order valence-corrected chi connectivity index (χ2v) is 4.82. The molecule has 3 nitrogen and oxygen atoms in total. The summed E-state index contributed by atoms with van der Waals surface area (Å²) in [6.07, 6.45) is 3.12. The van der Waals surface area contributed by atoms with Gasteiger partial charge in [0.15, 0.2) is 0 Å². The van der Waals surface area contributed by atoms with E-state index >= 15 is 0 Å². The molecule has 90 valence electrons. The van der Waals surface area contributed by atoms with Gasteiger partial charge in [-0.3, -0.25) is 5.41 Å². The zero-order valence-corrected chi connectivity index (χ0v) is 10.6. The number of anilines is 1. The lowest BCUT2D eigenvalue weighted by atomic mass is 9.89. The van der Waals surface area contributed by atoms with Crippen LogP contribution in [0.3, 0.4) is 0 Å². The van der Waals surface area contributed by atoms with E-state index < -0.39 is 0 Å². The van der Waals surface area contributed by atoms with Crippen LogP contribution in [0, 0.1) is 18.3 Å². The Morgan fingerprint density at radius 3 is 2.71 bits per heavy atom. The van der Waals surface area contributed by atoms with Crippen molar-refractivity contribution in [3.8, 4) is 0 Å². The van der Waals surface area contributed by atoms with Gasteiger partial charge in [0, 0.05) is 5.56 Å². The van der Waals surface area contributed by atoms with Gasteiger partial charge >= 0.3 is 0 Å². The molecule has 1 aromatic carbocycles. The normalized spacial score (nSPS) is 19.0. The maximum absolute atomic E-state index is 7.48. The van der Waals surface area contributed by atoms with Gasteiger partial charge in [0.1, 0.15) is 6.17 Å². The lowest BCUT2D eigenvalue weighted by Crippen LogP contribution is -2.42. The molecule has 1 aromatic rings. The highest BCUT2D eigenvalue weighted by Crippen LogP contribution is 2.36. The molecule has 1 atom stereocenters. The lowest BCUT2D eigenvalue weighted by Gasteiger charge is -2.33. The molecule has 17 heavy (non-hydrogen) atoms. The molecule has 0 bridgehead atoms. The summed E-state index contributed by atoms with van der Waals surface area (Å²) >= 11 is 0. The Bertz CT molecular complexity index is 474. The number of allylic oxidation sites excluding steroid dienone is 1. The maximum atomic E-state index is 7.48. The van der Waals surface area contributed by atoms with Crippen molar-refractivity contribution >= 4 is 17.6 Å². The van der Waals surface area contributed by atoms with Crippen LogP contribution in [0.4, 0.5) is 5.69 Å². The van der Waals surface area contributed by atoms with Gasteiger partial charge in [0.25, 0.3) is 0 Å². The van der Waals surface area contributed by atoms with Crippen molar-refractivity contribution in [2.45, 2.75) is 26.9 Å². The molecule has 0 aliphatic carbocycles. The number of hydrogen-bond acceptors (Lipinski definition) is 2. The first kappa shape index (κ1) is 11.9. The van der Waals surface area contributed by atoms with Crippen molar-refractivity contribution in [2.24, 2.45) is 11.7 Å². The Morgan fingerprint density at radius 1 is 1.41 bits per heavy atom. The molecule has 1 aliphatic heterocycles. The van der Waals surface area contributed by atoms with E-state index in [4.69, 9.17) is 11.1 Å². The third kappa shape index (κ3) is 1.98. The first-order valence-electron chi connectivity index (χ1n) is 5.92. The molecule has 0 saturated carbocycles. The molecule has 1 heterocycles. The third-order valence-electron chi connectivity index (χ3n) is 3.17. The monoisotopic (exact) mass is 229 g/mol. The van der Waals surface area contributed by atoms with E-state index in [0.717, 1.165) is 5.69 Å². The number of nitrogens with two attached hydrogens (primary N) is 1. The molecule has 0 aromatic heterocycles. The standard InChI is InChI=1S/C14H19N3/c1-9(2)11-7-14(16)17(8-15)13-5-4-10(3)6-12(11)13/h4-9,14-15H,16H2,1-3H3. The molecule has 0 radical (unpaired) electrons. The van der Waals surface area contributed by atoms with Crippen LogP contribution in [0.1, 0.15) is 25.0 Å². The number of nitrogens with zero attached hydrogens (tertiary/aromatic N) is 1. The van der Waals surface area contributed by atoms with E-state index in [2.05, 4.69) is 39.0 Å². The van der Waals surface area contributed by atoms with E-state index in [1.54, 1.807) is 4.90 Å². The second kappa shape index (κ2) is 4.34. The molecular weight excluding hydrogens is 210 g/mol. The summed E-state index contributed by atoms with van der Waals surface area (Å²) < 4.78 is 0. The molecule has 1 aliphatic rings. The average Bonchev–Trinajstić information content (AvgIpc) is 2.28. The number of hydrogen-bond donors (Lipinski definition) is 2. The van der Waals surface area contributed by atoms with Crippen molar-refractivity contribution in [3.05, 3.63) is 35.4 Å². The average molecular weight is 229 g/mol. The summed E-state index contributed by atoms with van der Waals surface area (Å²) in [6, 6.07) is 6.28. The number of fused-ring (bicyclic) bond motifs is 1. The smallest absolute Gasteiger partial charge is 0.102 e. The van der Waals surface area contributed by atoms with E-state index in [0.29, 0.717) is 5.92 Å². The summed E-state index contributed by atoms with van der Waals surface area (Å²) in [5.74, 6) is 0.439. The van der Waals surface area contributed by atoms with Gasteiger partial charge in [0.05, 0.1) is 12.0 Å². The van der Waals surface area contributed by atoms with Crippen LogP contribution in [-0.2, 0) is 0 Å². The third-order valence-corrected chi connectivity index (χ3v) is 3.17. The van der Waals surface area contributed by atoms with Crippen LogP contribution in [-0.4, -0.2) is 12.5 Å². The molecule has 3 heteroatoms. The highest BCUT2D eigenvalue weighted by Gasteiger charge is 2.24. The fourth-order valence-corrected chi connectivity index (χ4v) is 2.28. The number of rotatable bonds is 2. The first-order valence-corrected chi connectivity index (χ1v) is 5.92. The molecular formula is C14H19N3. The van der Waals surface area contributed by atoms with Crippen molar-refractivity contribution in [3.63, 3.8) is 0 Å². The highest BCUT2D eigenvalue weighted by molar-refractivity contribution is 5.90. The Labute approximate surface area is 102 Å². The van der Waals surface area contributed by atoms with Crippen LogP contribution >= 0.6 is 0 Å². The van der Waals surface area contributed by atoms with Crippen LogP contribution in [0.5, 0.6) is 0 Å². The van der Waals surface area contributed by atoms with Gasteiger partial charge in [-0.15, -0.1) is 0 Å². The molecule has 2 rings (SSSR count). The predicted molar refractivity (Wildman–Crippen MR) is 73.2 cm³/mol. The number of nitrogens with one attached hydrogen (secondary N) is 1. The van der Waals surface area contributed by atoms with Crippen molar-refractivity contribution < 1.29 is 0 Å². The summed E-state index contributed by atoms with van der Waals surface area (Å²) in [4.78, 5) is 1.79. The van der Waals surface area contributed by atoms with Gasteiger partial charge in [-0.2, -0.15) is 0 Å². The topological polar surface area (TPSA) is 53.1 Å². The van der Waals surface area contributed by atoms with Gasteiger partial charge in [-0.1, -0.05) is 25.5 Å². The highest BCUT2D eigenvalue weighted by atomic mass is 15.2. The van der Waals surface area contributed by atoms with Crippen molar-refractivity contribution in [1.29, 1.82) is 5.41 Å². The first-order chi connectivity index (χ1) is 8.04. The fraction of sp³-hybridized carbons (Fsp3) is 0.357. The summed E-state index contributed by atoms with van der Waals surface area (Å²) in [6.45, 7) is 6.43.